The molecule has 0 unspecified atom stereocenters. The molecule has 0 radical (unpaired) electrons. The third-order valence-electron chi connectivity index (χ3n) is 4.19. The van der Waals surface area contributed by atoms with Gasteiger partial charge in [-0.3, -0.25) is 9.56 Å². The van der Waals surface area contributed by atoms with E-state index >= 15 is 0 Å². The molecule has 0 spiro atoms. The van der Waals surface area contributed by atoms with Crippen molar-refractivity contribution in [1.82, 2.24) is 9.55 Å². The lowest BCUT2D eigenvalue weighted by molar-refractivity contribution is 0.627. The number of imidazole rings is 1. The van der Waals surface area contributed by atoms with E-state index in [9.17, 15) is 4.39 Å². The fourth-order valence-electron chi connectivity index (χ4n) is 3.13. The summed E-state index contributed by atoms with van der Waals surface area (Å²) in [5.41, 5.74) is 10.2. The van der Waals surface area contributed by atoms with Gasteiger partial charge in [0.25, 0.3) is 0 Å². The molecule has 4 rings (SSSR count). The van der Waals surface area contributed by atoms with Crippen molar-refractivity contribution in [2.24, 2.45) is 10.7 Å². The van der Waals surface area contributed by atoms with Crippen molar-refractivity contribution < 1.29 is 4.39 Å². The van der Waals surface area contributed by atoms with E-state index in [1.807, 2.05) is 36.5 Å². The average molecular weight is 320 g/mol. The summed E-state index contributed by atoms with van der Waals surface area (Å²) in [6.45, 7) is 0.985. The topological polar surface area (TPSA) is 56.2 Å². The monoisotopic (exact) mass is 320 g/mol. The highest BCUT2D eigenvalue weighted by Gasteiger charge is 2.21. The summed E-state index contributed by atoms with van der Waals surface area (Å²) in [5.74, 6) is 0.568. The smallest absolute Gasteiger partial charge is 0.135 e. The number of fused-ring (bicyclic) bond motifs is 3. The van der Waals surface area contributed by atoms with E-state index in [2.05, 4.69) is 9.55 Å². The van der Waals surface area contributed by atoms with Crippen LogP contribution in [0.4, 0.5) is 4.39 Å². The minimum Gasteiger partial charge on any atom is -0.330 e. The molecule has 24 heavy (non-hydrogen) atoms. The predicted molar refractivity (Wildman–Crippen MR) is 92.1 cm³/mol. The molecule has 5 heteroatoms. The molecule has 0 bridgehead atoms. The summed E-state index contributed by atoms with van der Waals surface area (Å²) in [7, 11) is 0. The first-order valence-corrected chi connectivity index (χ1v) is 7.93. The molecule has 0 atom stereocenters. The Kier molecular flexibility index (Phi) is 3.70. The van der Waals surface area contributed by atoms with Crippen molar-refractivity contribution in [3.05, 3.63) is 83.2 Å². The van der Waals surface area contributed by atoms with Gasteiger partial charge in [0.1, 0.15) is 11.6 Å². The molecule has 0 fully saturated rings. The van der Waals surface area contributed by atoms with Gasteiger partial charge in [0.15, 0.2) is 0 Å². The van der Waals surface area contributed by atoms with Crippen LogP contribution in [0.1, 0.15) is 22.6 Å². The van der Waals surface area contributed by atoms with Gasteiger partial charge in [-0.25, -0.2) is 9.37 Å². The highest BCUT2D eigenvalue weighted by molar-refractivity contribution is 6.15. The van der Waals surface area contributed by atoms with Crippen LogP contribution in [-0.4, -0.2) is 21.8 Å². The Morgan fingerprint density at radius 3 is 2.75 bits per heavy atom. The number of rotatable bonds is 3. The first-order valence-electron chi connectivity index (χ1n) is 7.93. The molecule has 4 nitrogen and oxygen atoms in total. The quantitative estimate of drug-likeness (QED) is 0.807. The zero-order valence-corrected chi connectivity index (χ0v) is 13.1. The molecule has 1 aliphatic heterocycles. The fourth-order valence-corrected chi connectivity index (χ4v) is 3.13. The van der Waals surface area contributed by atoms with Crippen molar-refractivity contribution in [2.75, 3.05) is 6.54 Å². The van der Waals surface area contributed by atoms with E-state index in [4.69, 9.17) is 10.7 Å². The lowest BCUT2D eigenvalue weighted by Crippen LogP contribution is -2.12. The molecule has 0 amide bonds. The number of aromatic nitrogens is 2. The number of nitrogens with zero attached hydrogens (tertiary/aromatic N) is 3. The molecule has 2 aromatic carbocycles. The van der Waals surface area contributed by atoms with E-state index in [1.165, 1.54) is 6.07 Å². The lowest BCUT2D eigenvalue weighted by Gasteiger charge is -2.14. The molecule has 1 aliphatic rings. The van der Waals surface area contributed by atoms with Crippen LogP contribution >= 0.6 is 0 Å². The first-order chi connectivity index (χ1) is 11.8. The highest BCUT2D eigenvalue weighted by Crippen LogP contribution is 2.27. The van der Waals surface area contributed by atoms with Crippen LogP contribution in [0.3, 0.4) is 0 Å². The van der Waals surface area contributed by atoms with E-state index < -0.39 is 0 Å². The van der Waals surface area contributed by atoms with Gasteiger partial charge in [-0.1, -0.05) is 30.3 Å². The summed E-state index contributed by atoms with van der Waals surface area (Å²) >= 11 is 0. The summed E-state index contributed by atoms with van der Waals surface area (Å²) in [5, 5.41) is 0. The van der Waals surface area contributed by atoms with Crippen LogP contribution in [0.5, 0.6) is 0 Å². The Morgan fingerprint density at radius 2 is 1.96 bits per heavy atom. The Hall–Kier alpha value is -2.79. The molecule has 2 heterocycles. The molecule has 0 saturated carbocycles. The molecule has 3 aromatic rings. The highest BCUT2D eigenvalue weighted by atomic mass is 19.1. The van der Waals surface area contributed by atoms with Crippen molar-refractivity contribution in [3.63, 3.8) is 0 Å². The normalized spacial score (nSPS) is 13.0. The van der Waals surface area contributed by atoms with E-state index in [-0.39, 0.29) is 5.82 Å². The van der Waals surface area contributed by atoms with Crippen LogP contribution in [0.15, 0.2) is 59.7 Å². The number of hydrogen-bond acceptors (Lipinski definition) is 3. The number of hydrogen-bond donors (Lipinski definition) is 1. The van der Waals surface area contributed by atoms with Crippen LogP contribution in [0.2, 0.25) is 0 Å². The van der Waals surface area contributed by atoms with E-state index in [1.54, 1.807) is 12.1 Å². The average Bonchev–Trinajstić information content (AvgIpc) is 2.92. The maximum Gasteiger partial charge on any atom is 0.135 e. The Bertz CT molecular complexity index is 912. The van der Waals surface area contributed by atoms with E-state index in [0.29, 0.717) is 19.5 Å². The Labute approximate surface area is 139 Å². The molecule has 0 aliphatic carbocycles. The van der Waals surface area contributed by atoms with Gasteiger partial charge in [0.05, 0.1) is 17.9 Å². The maximum atomic E-state index is 14.0. The summed E-state index contributed by atoms with van der Waals surface area (Å²) < 4.78 is 16.0. The van der Waals surface area contributed by atoms with Crippen molar-refractivity contribution in [3.8, 4) is 5.69 Å². The van der Waals surface area contributed by atoms with Crippen LogP contribution in [0.25, 0.3) is 5.69 Å². The second-order valence-electron chi connectivity index (χ2n) is 5.73. The van der Waals surface area contributed by atoms with Gasteiger partial charge < -0.3 is 5.73 Å². The predicted octanol–water partition coefficient (Wildman–Crippen LogP) is 2.86. The minimum absolute atomic E-state index is 0.277. The molecule has 0 saturated heterocycles. The van der Waals surface area contributed by atoms with Gasteiger partial charge >= 0.3 is 0 Å². The molecular weight excluding hydrogens is 303 g/mol. The first kappa shape index (κ1) is 14.8. The lowest BCUT2D eigenvalue weighted by atomic mass is 10.00. The van der Waals surface area contributed by atoms with Gasteiger partial charge in [0.2, 0.25) is 0 Å². The van der Waals surface area contributed by atoms with Gasteiger partial charge in [-0.2, -0.15) is 0 Å². The third-order valence-corrected chi connectivity index (χ3v) is 4.19. The van der Waals surface area contributed by atoms with Crippen LogP contribution in [0, 0.1) is 5.82 Å². The second-order valence-corrected chi connectivity index (χ2v) is 5.73. The molecule has 1 aromatic heterocycles. The SMILES string of the molecule is NCCc1cnc2n1-c1ccc(F)cc1C(c1ccccc1)=NC2. The van der Waals surface area contributed by atoms with Crippen molar-refractivity contribution in [1.29, 1.82) is 0 Å². The zero-order valence-electron chi connectivity index (χ0n) is 13.1. The van der Waals surface area contributed by atoms with E-state index in [0.717, 1.165) is 34.0 Å². The largest absolute Gasteiger partial charge is 0.330 e. The second kappa shape index (κ2) is 6.02. The number of halogens is 1. The third kappa shape index (κ3) is 2.43. The van der Waals surface area contributed by atoms with Gasteiger partial charge in [-0.15, -0.1) is 0 Å². The number of nitrogens with two attached hydrogens (primary N) is 1. The van der Waals surface area contributed by atoms with Crippen LogP contribution in [-0.2, 0) is 13.0 Å². The summed E-state index contributed by atoms with van der Waals surface area (Å²) in [4.78, 5) is 9.22. The van der Waals surface area contributed by atoms with Crippen LogP contribution < -0.4 is 5.73 Å². The van der Waals surface area contributed by atoms with Crippen molar-refractivity contribution in [2.45, 2.75) is 13.0 Å². The zero-order chi connectivity index (χ0) is 16.5. The molecule has 120 valence electrons. The molecular formula is C19H17FN4. The minimum atomic E-state index is -0.277. The van der Waals surface area contributed by atoms with Gasteiger partial charge in [0, 0.05) is 29.4 Å². The van der Waals surface area contributed by atoms with Gasteiger partial charge in [-0.05, 0) is 24.7 Å². The molecule has 2 N–H and O–H groups in total. The summed E-state index contributed by atoms with van der Waals surface area (Å²) in [6.07, 6.45) is 2.54. The maximum absolute atomic E-state index is 14.0. The number of benzene rings is 2. The fraction of sp³-hybridized carbons (Fsp3) is 0.158. The Balaban J connectivity index is 1.96. The number of aliphatic imine (C=N–C) groups is 1. The summed E-state index contributed by atoms with van der Waals surface area (Å²) in [6, 6.07) is 14.7. The van der Waals surface area contributed by atoms with Crippen molar-refractivity contribution >= 4 is 5.71 Å². The Morgan fingerprint density at radius 1 is 1.12 bits per heavy atom. The standard InChI is InChI=1S/C19H17FN4/c20-14-6-7-17-16(10-14)19(13-4-2-1-3-5-13)23-12-18-22-11-15(8-9-21)24(17)18/h1-7,10-11H,8-9,12,21H2.